The SMILES string of the molecule is N#Cc1cc(Br)ccc1N1CCCC1C(N)=O. The minimum Gasteiger partial charge on any atom is -0.368 e. The molecule has 1 amide bonds. The maximum absolute atomic E-state index is 11.3. The highest BCUT2D eigenvalue weighted by Gasteiger charge is 2.30. The van der Waals surface area contributed by atoms with Gasteiger partial charge in [0, 0.05) is 11.0 Å². The van der Waals surface area contributed by atoms with Crippen molar-refractivity contribution in [2.45, 2.75) is 18.9 Å². The van der Waals surface area contributed by atoms with E-state index in [0.29, 0.717) is 5.56 Å². The molecule has 4 nitrogen and oxygen atoms in total. The van der Waals surface area contributed by atoms with Crippen molar-refractivity contribution in [2.75, 3.05) is 11.4 Å². The minimum absolute atomic E-state index is 0.289. The third-order valence-electron chi connectivity index (χ3n) is 2.97. The maximum atomic E-state index is 11.3. The minimum atomic E-state index is -0.325. The van der Waals surface area contributed by atoms with Gasteiger partial charge in [0.05, 0.1) is 11.3 Å². The molecule has 5 heteroatoms. The first-order valence-electron chi connectivity index (χ1n) is 5.39. The Hall–Kier alpha value is -1.54. The van der Waals surface area contributed by atoms with Gasteiger partial charge < -0.3 is 10.6 Å². The third kappa shape index (κ3) is 2.27. The van der Waals surface area contributed by atoms with Crippen molar-refractivity contribution in [2.24, 2.45) is 5.73 Å². The number of primary amides is 1. The number of nitrogens with zero attached hydrogens (tertiary/aromatic N) is 2. The summed E-state index contributed by atoms with van der Waals surface area (Å²) in [6, 6.07) is 7.33. The van der Waals surface area contributed by atoms with E-state index in [-0.39, 0.29) is 11.9 Å². The van der Waals surface area contributed by atoms with Crippen molar-refractivity contribution >= 4 is 27.5 Å². The summed E-state index contributed by atoms with van der Waals surface area (Å²) in [6.07, 6.45) is 1.69. The average Bonchev–Trinajstić information content (AvgIpc) is 2.77. The standard InChI is InChI=1S/C12H12BrN3O/c13-9-3-4-10(8(6-9)7-14)16-5-1-2-11(16)12(15)17/h3-4,6,11H,1-2,5H2,(H2,15,17). The van der Waals surface area contributed by atoms with E-state index < -0.39 is 0 Å². The molecule has 0 saturated carbocycles. The van der Waals surface area contributed by atoms with E-state index in [4.69, 9.17) is 11.0 Å². The highest BCUT2D eigenvalue weighted by Crippen LogP contribution is 2.30. The monoisotopic (exact) mass is 293 g/mol. The van der Waals surface area contributed by atoms with E-state index in [1.54, 1.807) is 6.07 Å². The van der Waals surface area contributed by atoms with Gasteiger partial charge in [-0.05, 0) is 31.0 Å². The molecule has 0 aliphatic carbocycles. The first-order chi connectivity index (χ1) is 8.13. The Bertz CT molecular complexity index is 495. The number of nitrogens with two attached hydrogens (primary N) is 1. The molecule has 2 rings (SSSR count). The number of amides is 1. The van der Waals surface area contributed by atoms with Gasteiger partial charge in [0.15, 0.2) is 0 Å². The van der Waals surface area contributed by atoms with E-state index in [9.17, 15) is 4.79 Å². The van der Waals surface area contributed by atoms with Crippen LogP contribution < -0.4 is 10.6 Å². The highest BCUT2D eigenvalue weighted by molar-refractivity contribution is 9.10. The lowest BCUT2D eigenvalue weighted by Gasteiger charge is -2.25. The molecular weight excluding hydrogens is 282 g/mol. The van der Waals surface area contributed by atoms with Crippen molar-refractivity contribution in [3.8, 4) is 6.07 Å². The Morgan fingerprint density at radius 1 is 1.59 bits per heavy atom. The van der Waals surface area contributed by atoms with Crippen LogP contribution in [0, 0.1) is 11.3 Å². The third-order valence-corrected chi connectivity index (χ3v) is 3.46. The molecule has 1 aromatic carbocycles. The van der Waals surface area contributed by atoms with Gasteiger partial charge in [-0.15, -0.1) is 0 Å². The Labute approximate surface area is 108 Å². The number of carbonyl (C=O) groups is 1. The summed E-state index contributed by atoms with van der Waals surface area (Å²) in [5.74, 6) is -0.325. The molecule has 1 heterocycles. The second-order valence-corrected chi connectivity index (χ2v) is 4.94. The van der Waals surface area contributed by atoms with Crippen molar-refractivity contribution in [1.82, 2.24) is 0 Å². The first-order valence-corrected chi connectivity index (χ1v) is 6.18. The predicted octanol–water partition coefficient (Wildman–Crippen LogP) is 1.77. The lowest BCUT2D eigenvalue weighted by atomic mass is 10.1. The van der Waals surface area contributed by atoms with Crippen molar-refractivity contribution < 1.29 is 4.79 Å². The molecule has 1 aromatic rings. The summed E-state index contributed by atoms with van der Waals surface area (Å²) in [4.78, 5) is 13.3. The van der Waals surface area contributed by atoms with Crippen molar-refractivity contribution in [3.05, 3.63) is 28.2 Å². The summed E-state index contributed by atoms with van der Waals surface area (Å²) in [6.45, 7) is 0.768. The van der Waals surface area contributed by atoms with Crippen LogP contribution in [0.1, 0.15) is 18.4 Å². The number of hydrogen-bond acceptors (Lipinski definition) is 3. The summed E-state index contributed by atoms with van der Waals surface area (Å²) >= 11 is 3.33. The van der Waals surface area contributed by atoms with Crippen LogP contribution in [0.15, 0.2) is 22.7 Å². The second kappa shape index (κ2) is 4.76. The number of halogens is 1. The van der Waals surface area contributed by atoms with Gasteiger partial charge in [0.1, 0.15) is 12.1 Å². The molecular formula is C12H12BrN3O. The summed E-state index contributed by atoms with van der Waals surface area (Å²) < 4.78 is 0.854. The maximum Gasteiger partial charge on any atom is 0.240 e. The van der Waals surface area contributed by atoms with Gasteiger partial charge in [-0.2, -0.15) is 5.26 Å². The molecule has 0 bridgehead atoms. The van der Waals surface area contributed by atoms with Crippen LogP contribution in [0.4, 0.5) is 5.69 Å². The molecule has 1 atom stereocenters. The van der Waals surface area contributed by atoms with Crippen molar-refractivity contribution in [1.29, 1.82) is 5.26 Å². The zero-order valence-electron chi connectivity index (χ0n) is 9.19. The molecule has 1 fully saturated rings. The zero-order chi connectivity index (χ0) is 12.4. The number of benzene rings is 1. The summed E-state index contributed by atoms with van der Waals surface area (Å²) in [5.41, 5.74) is 6.73. The van der Waals surface area contributed by atoms with Crippen LogP contribution in [0.25, 0.3) is 0 Å². The molecule has 2 N–H and O–H groups in total. The average molecular weight is 294 g/mol. The number of hydrogen-bond donors (Lipinski definition) is 1. The van der Waals surface area contributed by atoms with E-state index in [1.807, 2.05) is 17.0 Å². The van der Waals surface area contributed by atoms with Gasteiger partial charge in [0.2, 0.25) is 5.91 Å². The fourth-order valence-corrected chi connectivity index (χ4v) is 2.56. The molecule has 1 aliphatic heterocycles. The van der Waals surface area contributed by atoms with Gasteiger partial charge in [-0.25, -0.2) is 0 Å². The number of nitriles is 1. The van der Waals surface area contributed by atoms with E-state index in [1.165, 1.54) is 0 Å². The molecule has 88 valence electrons. The second-order valence-electron chi connectivity index (χ2n) is 4.03. The molecule has 0 radical (unpaired) electrons. The quantitative estimate of drug-likeness (QED) is 0.903. The zero-order valence-corrected chi connectivity index (χ0v) is 10.8. The summed E-state index contributed by atoms with van der Waals surface area (Å²) in [7, 11) is 0. The highest BCUT2D eigenvalue weighted by atomic mass is 79.9. The van der Waals surface area contributed by atoms with Crippen LogP contribution >= 0.6 is 15.9 Å². The molecule has 1 saturated heterocycles. The fraction of sp³-hybridized carbons (Fsp3) is 0.333. The number of anilines is 1. The molecule has 1 unspecified atom stereocenters. The summed E-state index contributed by atoms with van der Waals surface area (Å²) in [5, 5.41) is 9.11. The molecule has 17 heavy (non-hydrogen) atoms. The number of carbonyl (C=O) groups excluding carboxylic acids is 1. The van der Waals surface area contributed by atoms with Crippen LogP contribution in [0.3, 0.4) is 0 Å². The van der Waals surface area contributed by atoms with Gasteiger partial charge in [0.25, 0.3) is 0 Å². The van der Waals surface area contributed by atoms with Crippen LogP contribution in [-0.2, 0) is 4.79 Å². The fourth-order valence-electron chi connectivity index (χ4n) is 2.20. The predicted molar refractivity (Wildman–Crippen MR) is 68.4 cm³/mol. The van der Waals surface area contributed by atoms with E-state index in [2.05, 4.69) is 22.0 Å². The van der Waals surface area contributed by atoms with Crippen LogP contribution in [0.2, 0.25) is 0 Å². The lowest BCUT2D eigenvalue weighted by molar-refractivity contribution is -0.119. The van der Waals surface area contributed by atoms with E-state index >= 15 is 0 Å². The number of rotatable bonds is 2. The smallest absolute Gasteiger partial charge is 0.240 e. The Kier molecular flexibility index (Phi) is 3.34. The van der Waals surface area contributed by atoms with Gasteiger partial charge in [-0.3, -0.25) is 4.79 Å². The van der Waals surface area contributed by atoms with E-state index in [0.717, 1.165) is 29.5 Å². The Morgan fingerprint density at radius 3 is 3.00 bits per heavy atom. The molecule has 0 spiro atoms. The van der Waals surface area contributed by atoms with Crippen molar-refractivity contribution in [3.63, 3.8) is 0 Å². The lowest BCUT2D eigenvalue weighted by Crippen LogP contribution is -2.40. The Morgan fingerprint density at radius 2 is 2.35 bits per heavy atom. The van der Waals surface area contributed by atoms with Gasteiger partial charge >= 0.3 is 0 Å². The van der Waals surface area contributed by atoms with Gasteiger partial charge in [-0.1, -0.05) is 15.9 Å². The van der Waals surface area contributed by atoms with Crippen LogP contribution in [-0.4, -0.2) is 18.5 Å². The normalized spacial score (nSPS) is 19.1. The molecule has 1 aliphatic rings. The van der Waals surface area contributed by atoms with Crippen LogP contribution in [0.5, 0.6) is 0 Å². The largest absolute Gasteiger partial charge is 0.368 e. The molecule has 0 aromatic heterocycles. The topological polar surface area (TPSA) is 70.1 Å². The first kappa shape index (κ1) is 11.9. The Balaban J connectivity index is 2.40.